The Balaban J connectivity index is 1.48. The molecule has 0 fully saturated rings. The van der Waals surface area contributed by atoms with Gasteiger partial charge in [0.25, 0.3) is 5.91 Å². The first-order valence-electron chi connectivity index (χ1n) is 10.7. The normalized spacial score (nSPS) is 10.7. The fraction of sp³-hybridized carbons (Fsp3) is 0.115. The van der Waals surface area contributed by atoms with E-state index in [1.807, 2.05) is 24.3 Å². The van der Waals surface area contributed by atoms with Crippen LogP contribution in [0.4, 0.5) is 10.1 Å². The maximum Gasteiger partial charge on any atom is 0.251 e. The molecular formula is C26H23FN4O3. The van der Waals surface area contributed by atoms with Crippen LogP contribution in [0.15, 0.2) is 72.8 Å². The van der Waals surface area contributed by atoms with Crippen LogP contribution in [0.5, 0.6) is 0 Å². The van der Waals surface area contributed by atoms with E-state index < -0.39 is 11.8 Å². The summed E-state index contributed by atoms with van der Waals surface area (Å²) in [6, 6.07) is 20.5. The Hall–Kier alpha value is -4.46. The van der Waals surface area contributed by atoms with Crippen LogP contribution in [0, 0.1) is 5.82 Å². The van der Waals surface area contributed by atoms with Crippen molar-refractivity contribution in [2.45, 2.75) is 12.8 Å². The van der Waals surface area contributed by atoms with Crippen LogP contribution in [-0.4, -0.2) is 29.3 Å². The summed E-state index contributed by atoms with van der Waals surface area (Å²) >= 11 is 0. The topological polar surface area (TPSA) is 117 Å². The largest absolute Gasteiger partial charge is 0.368 e. The first-order chi connectivity index (χ1) is 16.4. The summed E-state index contributed by atoms with van der Waals surface area (Å²) in [5, 5.41) is 6.22. The van der Waals surface area contributed by atoms with Gasteiger partial charge in [-0.1, -0.05) is 24.3 Å². The fourth-order valence-electron chi connectivity index (χ4n) is 3.79. The van der Waals surface area contributed by atoms with Crippen molar-refractivity contribution >= 4 is 34.3 Å². The van der Waals surface area contributed by atoms with Crippen molar-refractivity contribution in [1.82, 2.24) is 10.3 Å². The molecule has 172 valence electrons. The van der Waals surface area contributed by atoms with E-state index in [9.17, 15) is 18.8 Å². The molecule has 3 aromatic carbocycles. The monoisotopic (exact) mass is 458 g/mol. The fourth-order valence-corrected chi connectivity index (χ4v) is 3.79. The molecule has 4 aromatic rings. The molecule has 5 N–H and O–H groups in total. The van der Waals surface area contributed by atoms with E-state index in [1.165, 1.54) is 18.2 Å². The van der Waals surface area contributed by atoms with Gasteiger partial charge in [0.15, 0.2) is 0 Å². The Bertz CT molecular complexity index is 1360. The van der Waals surface area contributed by atoms with Crippen molar-refractivity contribution in [3.63, 3.8) is 0 Å². The number of carbonyl (C=O) groups is 3. The van der Waals surface area contributed by atoms with Crippen molar-refractivity contribution in [2.24, 2.45) is 5.73 Å². The van der Waals surface area contributed by atoms with Gasteiger partial charge >= 0.3 is 0 Å². The lowest BCUT2D eigenvalue weighted by Gasteiger charge is -2.09. The molecular weight excluding hydrogens is 435 g/mol. The lowest BCUT2D eigenvalue weighted by Crippen LogP contribution is -2.33. The van der Waals surface area contributed by atoms with Gasteiger partial charge in [0.05, 0.1) is 6.54 Å². The summed E-state index contributed by atoms with van der Waals surface area (Å²) in [7, 11) is 0. The Morgan fingerprint density at radius 2 is 1.71 bits per heavy atom. The van der Waals surface area contributed by atoms with E-state index in [1.54, 1.807) is 30.3 Å². The predicted octanol–water partition coefficient (Wildman–Crippen LogP) is 3.76. The summed E-state index contributed by atoms with van der Waals surface area (Å²) < 4.78 is 13.4. The number of benzene rings is 3. The number of para-hydroxylation sites is 1. The molecule has 0 aliphatic heterocycles. The second-order valence-electron chi connectivity index (χ2n) is 7.81. The number of aromatic nitrogens is 1. The molecule has 8 heteroatoms. The Kier molecular flexibility index (Phi) is 6.68. The lowest BCUT2D eigenvalue weighted by atomic mass is 10.0. The van der Waals surface area contributed by atoms with Gasteiger partial charge in [0, 0.05) is 34.3 Å². The number of nitrogens with one attached hydrogen (secondary N) is 3. The Labute approximate surface area is 195 Å². The van der Waals surface area contributed by atoms with Crippen molar-refractivity contribution in [3.8, 4) is 11.3 Å². The van der Waals surface area contributed by atoms with Crippen molar-refractivity contribution in [2.75, 3.05) is 11.9 Å². The van der Waals surface area contributed by atoms with Crippen LogP contribution < -0.4 is 16.4 Å². The number of halogens is 1. The summed E-state index contributed by atoms with van der Waals surface area (Å²) in [5.74, 6) is -1.64. The van der Waals surface area contributed by atoms with Crippen molar-refractivity contribution in [3.05, 3.63) is 89.7 Å². The molecule has 0 saturated carbocycles. The van der Waals surface area contributed by atoms with E-state index in [0.29, 0.717) is 17.7 Å². The number of aryl methyl sites for hydroxylation is 1. The number of hydrogen-bond donors (Lipinski definition) is 4. The average Bonchev–Trinajstić information content (AvgIpc) is 3.20. The SMILES string of the molecule is NC(=O)CNC(=O)c1cccc(NC(=O)CCc2c(-c3ccc(F)cc3)[nH]c3ccccc23)c1. The van der Waals surface area contributed by atoms with Gasteiger partial charge in [-0.3, -0.25) is 14.4 Å². The zero-order valence-corrected chi connectivity index (χ0v) is 18.2. The van der Waals surface area contributed by atoms with Crippen molar-refractivity contribution < 1.29 is 18.8 Å². The standard InChI is InChI=1S/C26H23FN4O3/c27-18-10-8-16(9-11-18)25-21(20-6-1-2-7-22(20)31-25)12-13-24(33)30-19-5-3-4-17(14-19)26(34)29-15-23(28)32/h1-11,14,31H,12-13,15H2,(H2,28,32)(H,29,34)(H,30,33). The van der Waals surface area contributed by atoms with Gasteiger partial charge in [0.1, 0.15) is 5.82 Å². The zero-order chi connectivity index (χ0) is 24.1. The quantitative estimate of drug-likeness (QED) is 0.322. The number of anilines is 1. The molecule has 1 aromatic heterocycles. The van der Waals surface area contributed by atoms with Crippen LogP contribution in [-0.2, 0) is 16.0 Å². The van der Waals surface area contributed by atoms with Crippen molar-refractivity contribution in [1.29, 1.82) is 0 Å². The van der Waals surface area contributed by atoms with Crippen LogP contribution >= 0.6 is 0 Å². The molecule has 0 atom stereocenters. The molecule has 0 spiro atoms. The third kappa shape index (κ3) is 5.29. The number of fused-ring (bicyclic) bond motifs is 1. The molecule has 0 bridgehead atoms. The van der Waals surface area contributed by atoms with Crippen LogP contribution in [0.1, 0.15) is 22.3 Å². The highest BCUT2D eigenvalue weighted by atomic mass is 19.1. The number of rotatable bonds is 8. The van der Waals surface area contributed by atoms with Gasteiger partial charge in [-0.25, -0.2) is 4.39 Å². The first kappa shape index (κ1) is 22.7. The van der Waals surface area contributed by atoms with Crippen LogP contribution in [0.3, 0.4) is 0 Å². The molecule has 1 heterocycles. The molecule has 4 rings (SSSR count). The molecule has 0 aliphatic rings. The second-order valence-corrected chi connectivity index (χ2v) is 7.81. The molecule has 0 aliphatic carbocycles. The van der Waals surface area contributed by atoms with Crippen LogP contribution in [0.25, 0.3) is 22.2 Å². The highest BCUT2D eigenvalue weighted by Gasteiger charge is 2.15. The van der Waals surface area contributed by atoms with E-state index in [4.69, 9.17) is 5.73 Å². The number of amides is 3. The zero-order valence-electron chi connectivity index (χ0n) is 18.2. The Morgan fingerprint density at radius 1 is 0.941 bits per heavy atom. The van der Waals surface area contributed by atoms with Crippen LogP contribution in [0.2, 0.25) is 0 Å². The van der Waals surface area contributed by atoms with Gasteiger partial charge in [0.2, 0.25) is 11.8 Å². The molecule has 34 heavy (non-hydrogen) atoms. The molecule has 0 saturated heterocycles. The minimum Gasteiger partial charge on any atom is -0.368 e. The summed E-state index contributed by atoms with van der Waals surface area (Å²) in [5.41, 5.74) is 9.41. The smallest absolute Gasteiger partial charge is 0.251 e. The minimum absolute atomic E-state index is 0.203. The third-order valence-corrected chi connectivity index (χ3v) is 5.38. The second kappa shape index (κ2) is 9.99. The molecule has 0 radical (unpaired) electrons. The number of nitrogens with two attached hydrogens (primary N) is 1. The first-order valence-corrected chi connectivity index (χ1v) is 10.7. The van der Waals surface area contributed by atoms with E-state index >= 15 is 0 Å². The molecule has 7 nitrogen and oxygen atoms in total. The van der Waals surface area contributed by atoms with E-state index in [0.717, 1.165) is 27.7 Å². The summed E-state index contributed by atoms with van der Waals surface area (Å²) in [6.45, 7) is -0.267. The van der Waals surface area contributed by atoms with Gasteiger partial charge in [-0.2, -0.15) is 0 Å². The predicted molar refractivity (Wildman–Crippen MR) is 129 cm³/mol. The maximum atomic E-state index is 13.4. The number of H-pyrrole nitrogens is 1. The van der Waals surface area contributed by atoms with Gasteiger partial charge in [-0.05, 0) is 66.1 Å². The highest BCUT2D eigenvalue weighted by molar-refractivity contribution is 5.99. The molecule has 0 unspecified atom stereocenters. The average molecular weight is 458 g/mol. The lowest BCUT2D eigenvalue weighted by molar-refractivity contribution is -0.117. The Morgan fingerprint density at radius 3 is 2.47 bits per heavy atom. The maximum absolute atomic E-state index is 13.4. The summed E-state index contributed by atoms with van der Waals surface area (Å²) in [4.78, 5) is 39.1. The number of primary amides is 1. The molecule has 3 amide bonds. The number of hydrogen-bond acceptors (Lipinski definition) is 3. The van der Waals surface area contributed by atoms with E-state index in [2.05, 4.69) is 15.6 Å². The third-order valence-electron chi connectivity index (χ3n) is 5.38. The highest BCUT2D eigenvalue weighted by Crippen LogP contribution is 2.31. The number of aromatic amines is 1. The van der Waals surface area contributed by atoms with Gasteiger partial charge < -0.3 is 21.4 Å². The van der Waals surface area contributed by atoms with Gasteiger partial charge in [-0.15, -0.1) is 0 Å². The minimum atomic E-state index is -0.643. The van der Waals surface area contributed by atoms with E-state index in [-0.39, 0.29) is 24.7 Å². The summed E-state index contributed by atoms with van der Waals surface area (Å²) in [6.07, 6.45) is 0.662. The number of carbonyl (C=O) groups excluding carboxylic acids is 3.